The van der Waals surface area contributed by atoms with Gasteiger partial charge in [-0.1, -0.05) is 0 Å². The van der Waals surface area contributed by atoms with Gasteiger partial charge in [-0.05, 0) is 0 Å². The summed E-state index contributed by atoms with van der Waals surface area (Å²) >= 11 is 0. The van der Waals surface area contributed by atoms with Gasteiger partial charge in [-0.2, -0.15) is 0 Å². The van der Waals surface area contributed by atoms with Crippen LogP contribution in [0.3, 0.4) is 0 Å². The number of esters is 2. The van der Waals surface area contributed by atoms with Crippen molar-refractivity contribution < 1.29 is 28.7 Å². The molecule has 0 heterocycles. The fourth-order valence-corrected chi connectivity index (χ4v) is 0.588. The first-order valence-electron chi connectivity index (χ1n) is 4.49. The summed E-state index contributed by atoms with van der Waals surface area (Å²) in [5, 5.41) is 4.32. The zero-order valence-electron chi connectivity index (χ0n) is 9.10. The van der Waals surface area contributed by atoms with Crippen LogP contribution in [0.2, 0.25) is 0 Å². The van der Waals surface area contributed by atoms with Crippen molar-refractivity contribution >= 4 is 24.3 Å². The van der Waals surface area contributed by atoms with Crippen LogP contribution in [0.15, 0.2) is 12.2 Å². The first-order valence-corrected chi connectivity index (χ1v) is 4.49. The van der Waals surface area contributed by atoms with Gasteiger partial charge in [-0.25, -0.2) is 9.59 Å². The van der Waals surface area contributed by atoms with Crippen LogP contribution in [-0.2, 0) is 28.7 Å². The maximum atomic E-state index is 10.9. The number of ether oxygens (including phenoxy) is 2. The van der Waals surface area contributed by atoms with E-state index in [1.54, 1.807) is 0 Å². The molecule has 94 valence electrons. The molecule has 0 saturated carbocycles. The molecule has 0 aromatic rings. The van der Waals surface area contributed by atoms with Crippen molar-refractivity contribution in [1.82, 2.24) is 10.6 Å². The Labute approximate surface area is 96.9 Å². The molecule has 8 heteroatoms. The highest BCUT2D eigenvalue weighted by atomic mass is 16.5. The summed E-state index contributed by atoms with van der Waals surface area (Å²) in [6, 6.07) is 0. The van der Waals surface area contributed by atoms with Gasteiger partial charge in [0.2, 0.25) is 12.3 Å². The average Bonchev–Trinajstić information content (AvgIpc) is 2.26. The second-order valence-corrected chi connectivity index (χ2v) is 2.60. The number of amides is 2. The standard InChI is InChI=1S/C9H12N2O6/c1-7(13)11-6-17-9(15)3-2-8(14)16-5-10-4-12/h2-4H,5-6H2,1H3,(H,10,12)(H,11,13)/b3-2+. The van der Waals surface area contributed by atoms with Crippen LogP contribution in [0, 0.1) is 0 Å². The Morgan fingerprint density at radius 2 is 1.59 bits per heavy atom. The Morgan fingerprint density at radius 1 is 1.06 bits per heavy atom. The predicted molar refractivity (Wildman–Crippen MR) is 54.1 cm³/mol. The van der Waals surface area contributed by atoms with Crippen LogP contribution < -0.4 is 10.6 Å². The minimum absolute atomic E-state index is 0.278. The van der Waals surface area contributed by atoms with E-state index in [-0.39, 0.29) is 19.4 Å². The van der Waals surface area contributed by atoms with Gasteiger partial charge in [-0.15, -0.1) is 0 Å². The molecular weight excluding hydrogens is 232 g/mol. The molecule has 0 aromatic carbocycles. The highest BCUT2D eigenvalue weighted by Gasteiger charge is 2.00. The van der Waals surface area contributed by atoms with Gasteiger partial charge in [0.25, 0.3) is 0 Å². The summed E-state index contributed by atoms with van der Waals surface area (Å²) in [5.41, 5.74) is 0. The lowest BCUT2D eigenvalue weighted by atomic mass is 10.5. The first kappa shape index (κ1) is 14.6. The van der Waals surface area contributed by atoms with Crippen molar-refractivity contribution in [3.05, 3.63) is 12.2 Å². The summed E-state index contributed by atoms with van der Waals surface area (Å²) in [4.78, 5) is 42.0. The number of hydrogen-bond donors (Lipinski definition) is 2. The van der Waals surface area contributed by atoms with E-state index in [0.29, 0.717) is 6.41 Å². The second kappa shape index (κ2) is 8.89. The fourth-order valence-electron chi connectivity index (χ4n) is 0.588. The lowest BCUT2D eigenvalue weighted by Crippen LogP contribution is -2.24. The number of carbonyl (C=O) groups is 4. The van der Waals surface area contributed by atoms with Crippen molar-refractivity contribution in [1.29, 1.82) is 0 Å². The largest absolute Gasteiger partial charge is 0.441 e. The molecule has 0 spiro atoms. The lowest BCUT2D eigenvalue weighted by Gasteiger charge is -2.01. The molecule has 0 aliphatic carbocycles. The molecule has 0 atom stereocenters. The fraction of sp³-hybridized carbons (Fsp3) is 0.333. The van der Waals surface area contributed by atoms with Gasteiger partial charge >= 0.3 is 11.9 Å². The molecule has 0 bridgehead atoms. The zero-order valence-corrected chi connectivity index (χ0v) is 9.10. The maximum Gasteiger partial charge on any atom is 0.332 e. The van der Waals surface area contributed by atoms with Gasteiger partial charge in [-0.3, -0.25) is 9.59 Å². The molecule has 0 rings (SSSR count). The second-order valence-electron chi connectivity index (χ2n) is 2.60. The van der Waals surface area contributed by atoms with E-state index in [9.17, 15) is 19.2 Å². The molecular formula is C9H12N2O6. The SMILES string of the molecule is CC(=O)NCOC(=O)/C=C/C(=O)OCNC=O. The monoisotopic (exact) mass is 244 g/mol. The molecule has 0 fully saturated rings. The van der Waals surface area contributed by atoms with Gasteiger partial charge in [0, 0.05) is 19.1 Å². The molecule has 0 aliphatic heterocycles. The quantitative estimate of drug-likeness (QED) is 0.184. The molecule has 8 nitrogen and oxygen atoms in total. The van der Waals surface area contributed by atoms with Crippen LogP contribution in [0.4, 0.5) is 0 Å². The molecule has 0 unspecified atom stereocenters. The molecule has 17 heavy (non-hydrogen) atoms. The van der Waals surface area contributed by atoms with E-state index in [1.807, 2.05) is 0 Å². The number of rotatable bonds is 7. The zero-order chi connectivity index (χ0) is 13.1. The van der Waals surface area contributed by atoms with Crippen molar-refractivity contribution in [2.75, 3.05) is 13.5 Å². The molecule has 2 N–H and O–H groups in total. The van der Waals surface area contributed by atoms with E-state index in [2.05, 4.69) is 20.1 Å². The Morgan fingerprint density at radius 3 is 2.06 bits per heavy atom. The van der Waals surface area contributed by atoms with E-state index in [1.165, 1.54) is 6.92 Å². The van der Waals surface area contributed by atoms with Crippen molar-refractivity contribution in [3.63, 3.8) is 0 Å². The van der Waals surface area contributed by atoms with Crippen LogP contribution in [-0.4, -0.2) is 37.7 Å². The first-order chi connectivity index (χ1) is 8.06. The summed E-state index contributed by atoms with van der Waals surface area (Å²) in [6.07, 6.45) is 2.03. The van der Waals surface area contributed by atoms with Gasteiger partial charge in [0.05, 0.1) is 0 Å². The van der Waals surface area contributed by atoms with Crippen LogP contribution >= 0.6 is 0 Å². The van der Waals surface area contributed by atoms with Gasteiger partial charge in [0.1, 0.15) is 0 Å². The average molecular weight is 244 g/mol. The third-order valence-electron chi connectivity index (χ3n) is 1.27. The topological polar surface area (TPSA) is 111 Å². The molecule has 0 radical (unpaired) electrons. The van der Waals surface area contributed by atoms with Crippen molar-refractivity contribution in [3.8, 4) is 0 Å². The Hall–Kier alpha value is -2.38. The van der Waals surface area contributed by atoms with E-state index in [4.69, 9.17) is 0 Å². The molecule has 0 saturated heterocycles. The predicted octanol–water partition coefficient (Wildman–Crippen LogP) is -1.57. The molecule has 0 aromatic heterocycles. The maximum absolute atomic E-state index is 10.9. The van der Waals surface area contributed by atoms with E-state index in [0.717, 1.165) is 12.2 Å². The minimum atomic E-state index is -0.809. The Balaban J connectivity index is 3.74. The summed E-state index contributed by atoms with van der Waals surface area (Å²) in [6.45, 7) is 0.703. The van der Waals surface area contributed by atoms with Crippen molar-refractivity contribution in [2.24, 2.45) is 0 Å². The van der Waals surface area contributed by atoms with E-state index < -0.39 is 11.9 Å². The third-order valence-corrected chi connectivity index (χ3v) is 1.27. The number of carbonyl (C=O) groups excluding carboxylic acids is 4. The highest BCUT2D eigenvalue weighted by molar-refractivity contribution is 5.91. The minimum Gasteiger partial charge on any atom is -0.441 e. The van der Waals surface area contributed by atoms with Gasteiger partial charge < -0.3 is 20.1 Å². The van der Waals surface area contributed by atoms with Crippen molar-refractivity contribution in [2.45, 2.75) is 6.92 Å². The molecule has 2 amide bonds. The van der Waals surface area contributed by atoms with Crippen LogP contribution in [0.1, 0.15) is 6.92 Å². The lowest BCUT2D eigenvalue weighted by molar-refractivity contribution is -0.142. The number of nitrogens with one attached hydrogen (secondary N) is 2. The summed E-state index contributed by atoms with van der Waals surface area (Å²) in [5.74, 6) is -1.96. The number of hydrogen-bond acceptors (Lipinski definition) is 6. The van der Waals surface area contributed by atoms with Gasteiger partial charge in [0.15, 0.2) is 13.5 Å². The summed E-state index contributed by atoms with van der Waals surface area (Å²) in [7, 11) is 0. The Bertz CT molecular complexity index is 325. The van der Waals surface area contributed by atoms with Crippen LogP contribution in [0.5, 0.6) is 0 Å². The Kier molecular flexibility index (Phi) is 7.65. The smallest absolute Gasteiger partial charge is 0.332 e. The molecule has 0 aliphatic rings. The summed E-state index contributed by atoms with van der Waals surface area (Å²) < 4.78 is 8.92. The third kappa shape index (κ3) is 9.91. The van der Waals surface area contributed by atoms with E-state index >= 15 is 0 Å². The normalized spacial score (nSPS) is 9.47. The highest BCUT2D eigenvalue weighted by Crippen LogP contribution is 1.84. The van der Waals surface area contributed by atoms with Crippen LogP contribution in [0.25, 0.3) is 0 Å².